The van der Waals surface area contributed by atoms with Gasteiger partial charge in [0, 0.05) is 37.4 Å². The first-order valence-electron chi connectivity index (χ1n) is 10.9. The molecule has 1 aliphatic heterocycles. The molecule has 2 unspecified atom stereocenters. The molecule has 0 spiro atoms. The average Bonchev–Trinajstić information content (AvgIpc) is 2.84. The molecule has 1 fully saturated rings. The lowest BCUT2D eigenvalue weighted by Crippen LogP contribution is -2.38. The third-order valence-electron chi connectivity index (χ3n) is 5.55. The number of rotatable bonds is 8. The van der Waals surface area contributed by atoms with Crippen LogP contribution in [0.25, 0.3) is 11.4 Å². The third kappa shape index (κ3) is 6.45. The number of nitrogens with one attached hydrogen (secondary N) is 2. The summed E-state index contributed by atoms with van der Waals surface area (Å²) in [6.07, 6.45) is 3.36. The van der Waals surface area contributed by atoms with Gasteiger partial charge in [0.1, 0.15) is 16.8 Å². The van der Waals surface area contributed by atoms with E-state index in [2.05, 4.69) is 46.8 Å². The number of morpholine rings is 1. The Morgan fingerprint density at radius 3 is 2.71 bits per heavy atom. The molecule has 1 saturated heterocycles. The number of pyridine rings is 2. The van der Waals surface area contributed by atoms with Crippen molar-refractivity contribution in [3.63, 3.8) is 0 Å². The summed E-state index contributed by atoms with van der Waals surface area (Å²) >= 11 is 3.97. The van der Waals surface area contributed by atoms with Gasteiger partial charge in [0.05, 0.1) is 30.7 Å². The first kappa shape index (κ1) is 25.3. The van der Waals surface area contributed by atoms with Gasteiger partial charge in [-0.1, -0.05) is 11.6 Å². The normalized spacial score (nSPS) is 16.1. The average molecular weight is 520 g/mol. The van der Waals surface area contributed by atoms with Crippen LogP contribution in [0.15, 0.2) is 24.5 Å². The zero-order valence-corrected chi connectivity index (χ0v) is 20.8. The second-order valence-corrected chi connectivity index (χ2v) is 9.07. The van der Waals surface area contributed by atoms with Gasteiger partial charge in [-0.25, -0.2) is 23.9 Å². The molecule has 3 aromatic heterocycles. The van der Waals surface area contributed by atoms with Crippen LogP contribution in [0.4, 0.5) is 17.5 Å². The van der Waals surface area contributed by atoms with Crippen LogP contribution in [0.3, 0.4) is 0 Å². The van der Waals surface area contributed by atoms with Gasteiger partial charge in [-0.2, -0.15) is 9.97 Å². The van der Waals surface area contributed by atoms with Gasteiger partial charge in [0.25, 0.3) is 0 Å². The van der Waals surface area contributed by atoms with E-state index in [-0.39, 0.29) is 23.7 Å². The Kier molecular flexibility index (Phi) is 8.15. The summed E-state index contributed by atoms with van der Waals surface area (Å²) in [6, 6.07) is 3.82. The van der Waals surface area contributed by atoms with Crippen LogP contribution in [0.5, 0.6) is 0 Å². The van der Waals surface area contributed by atoms with Crippen molar-refractivity contribution in [1.29, 1.82) is 0 Å². The monoisotopic (exact) mass is 519 g/mol. The molecule has 35 heavy (non-hydrogen) atoms. The first-order chi connectivity index (χ1) is 16.8. The summed E-state index contributed by atoms with van der Waals surface area (Å²) in [4.78, 5) is 24.1. The lowest BCUT2D eigenvalue weighted by atomic mass is 10.1. The lowest BCUT2D eigenvalue weighted by Gasteiger charge is -2.32. The van der Waals surface area contributed by atoms with Crippen molar-refractivity contribution < 1.29 is 13.5 Å². The molecule has 2 atom stereocenters. The minimum Gasteiger partial charge on any atom is -0.379 e. The predicted molar refractivity (Wildman–Crippen MR) is 133 cm³/mol. The van der Waals surface area contributed by atoms with Gasteiger partial charge in [-0.3, -0.25) is 9.45 Å². The number of aromatic nitrogens is 5. The zero-order chi connectivity index (χ0) is 24.9. The molecule has 0 radical (unpaired) electrons. The van der Waals surface area contributed by atoms with Gasteiger partial charge in [0.2, 0.25) is 17.2 Å². The maximum absolute atomic E-state index is 11.0. The third-order valence-corrected chi connectivity index (χ3v) is 6.28. The largest absolute Gasteiger partial charge is 0.379 e. The van der Waals surface area contributed by atoms with Gasteiger partial charge < -0.3 is 15.8 Å². The van der Waals surface area contributed by atoms with Crippen LogP contribution in [0.1, 0.15) is 29.9 Å². The van der Waals surface area contributed by atoms with E-state index < -0.39 is 11.3 Å². The van der Waals surface area contributed by atoms with E-state index in [0.717, 1.165) is 18.7 Å². The number of halogens is 1. The number of hydrogen-bond donors (Lipinski definition) is 4. The molecular weight excluding hydrogens is 494 g/mol. The molecule has 0 saturated carbocycles. The maximum Gasteiger partial charge on any atom is 0.232 e. The van der Waals surface area contributed by atoms with Gasteiger partial charge >= 0.3 is 0 Å². The molecule has 0 bridgehead atoms. The van der Waals surface area contributed by atoms with E-state index >= 15 is 0 Å². The molecule has 3 aromatic rings. The number of ether oxygens (including phenoxy) is 1. The van der Waals surface area contributed by atoms with Crippen molar-refractivity contribution in [1.82, 2.24) is 34.5 Å². The molecule has 186 valence electrons. The molecule has 0 amide bonds. The van der Waals surface area contributed by atoms with E-state index in [0.29, 0.717) is 47.5 Å². The van der Waals surface area contributed by atoms with E-state index in [4.69, 9.17) is 26.6 Å². The first-order valence-corrected chi connectivity index (χ1v) is 12.3. The van der Waals surface area contributed by atoms with Crippen molar-refractivity contribution >= 4 is 40.3 Å². The Morgan fingerprint density at radius 1 is 1.23 bits per heavy atom. The Bertz CT molecular complexity index is 1210. The number of hydrogen-bond acceptors (Lipinski definition) is 10. The summed E-state index contributed by atoms with van der Waals surface area (Å²) in [5, 5.41) is 3.46. The fraction of sp³-hybridized carbons (Fsp3) is 0.381. The SMILES string of the molecule is Cc1nc(N)nc(-c2cc(C(C)N3CCOCC3)cnc2Nc2cnc(Cl)c(CNS(=O)O)c2)n1. The summed E-state index contributed by atoms with van der Waals surface area (Å²) < 4.78 is 27.9. The van der Waals surface area contributed by atoms with Crippen LogP contribution < -0.4 is 15.8 Å². The van der Waals surface area contributed by atoms with E-state index in [1.807, 2.05) is 12.3 Å². The van der Waals surface area contributed by atoms with Crippen LogP contribution in [-0.4, -0.2) is 64.9 Å². The Labute approximate surface area is 210 Å². The minimum atomic E-state index is -2.18. The number of nitrogens with two attached hydrogens (primary N) is 1. The highest BCUT2D eigenvalue weighted by Gasteiger charge is 2.21. The zero-order valence-electron chi connectivity index (χ0n) is 19.2. The van der Waals surface area contributed by atoms with Gasteiger partial charge in [-0.15, -0.1) is 0 Å². The fourth-order valence-electron chi connectivity index (χ4n) is 3.74. The Hall–Kier alpha value is -2.81. The number of anilines is 3. The molecule has 0 aromatic carbocycles. The predicted octanol–water partition coefficient (Wildman–Crippen LogP) is 2.24. The van der Waals surface area contributed by atoms with E-state index in [1.165, 1.54) is 0 Å². The Morgan fingerprint density at radius 2 is 2.00 bits per heavy atom. The number of aryl methyl sites for hydroxylation is 1. The summed E-state index contributed by atoms with van der Waals surface area (Å²) in [5.41, 5.74) is 8.67. The smallest absolute Gasteiger partial charge is 0.232 e. The second kappa shape index (κ2) is 11.3. The van der Waals surface area contributed by atoms with Crippen molar-refractivity contribution in [3.05, 3.63) is 46.6 Å². The second-order valence-electron chi connectivity index (χ2n) is 7.92. The minimum absolute atomic E-state index is 0.0595. The maximum atomic E-state index is 11.0. The molecule has 4 heterocycles. The summed E-state index contributed by atoms with van der Waals surface area (Å²) in [5.74, 6) is 1.48. The standard InChI is InChI=1S/C21H26ClN9O3S/c1-12(31-3-5-34-6-4-31)14-8-17(20-27-13(2)28-21(23)30-20)19(25-9-14)29-16-7-15(10-26-35(32)33)18(22)24-11-16/h7-9,11-12,26H,3-6,10H2,1-2H3,(H,25,29)(H,32,33)(H2,23,27,28,30). The van der Waals surface area contributed by atoms with Crippen molar-refractivity contribution in [2.45, 2.75) is 26.4 Å². The van der Waals surface area contributed by atoms with E-state index in [1.54, 1.807) is 19.2 Å². The molecule has 1 aliphatic rings. The van der Waals surface area contributed by atoms with E-state index in [9.17, 15) is 4.21 Å². The quantitative estimate of drug-likeness (QED) is 0.254. The highest BCUT2D eigenvalue weighted by molar-refractivity contribution is 7.77. The number of nitrogens with zero attached hydrogens (tertiary/aromatic N) is 6. The van der Waals surface area contributed by atoms with Crippen LogP contribution >= 0.6 is 11.6 Å². The molecule has 5 N–H and O–H groups in total. The van der Waals surface area contributed by atoms with Crippen LogP contribution in [-0.2, 0) is 22.5 Å². The summed E-state index contributed by atoms with van der Waals surface area (Å²) in [7, 11) is 0. The molecule has 0 aliphatic carbocycles. The van der Waals surface area contributed by atoms with Gasteiger partial charge in [0.15, 0.2) is 5.82 Å². The Balaban J connectivity index is 1.70. The number of nitrogen functional groups attached to an aromatic ring is 1. The molecule has 4 rings (SSSR count). The highest BCUT2D eigenvalue weighted by atomic mass is 35.5. The lowest BCUT2D eigenvalue weighted by molar-refractivity contribution is 0.0198. The van der Waals surface area contributed by atoms with Crippen LogP contribution in [0, 0.1) is 6.92 Å². The van der Waals surface area contributed by atoms with Gasteiger partial charge in [-0.05, 0) is 31.5 Å². The highest BCUT2D eigenvalue weighted by Crippen LogP contribution is 2.31. The topological polar surface area (TPSA) is 164 Å². The van der Waals surface area contributed by atoms with Crippen molar-refractivity contribution in [3.8, 4) is 11.4 Å². The fourth-order valence-corrected chi connectivity index (χ4v) is 4.19. The van der Waals surface area contributed by atoms with Crippen molar-refractivity contribution in [2.75, 3.05) is 37.4 Å². The molecular formula is C21H26ClN9O3S. The van der Waals surface area contributed by atoms with Crippen molar-refractivity contribution in [2.24, 2.45) is 0 Å². The summed E-state index contributed by atoms with van der Waals surface area (Å²) in [6.45, 7) is 6.98. The molecule has 14 heteroatoms. The van der Waals surface area contributed by atoms with Crippen LogP contribution in [0.2, 0.25) is 5.15 Å². The molecule has 12 nitrogen and oxygen atoms in total.